The van der Waals surface area contributed by atoms with Crippen LogP contribution in [0.3, 0.4) is 0 Å². The van der Waals surface area contributed by atoms with Crippen molar-refractivity contribution in [1.29, 1.82) is 0 Å². The molecular formula is C18H13ClO3. The van der Waals surface area contributed by atoms with E-state index in [-0.39, 0.29) is 10.8 Å². The van der Waals surface area contributed by atoms with Crippen LogP contribution in [0.15, 0.2) is 71.0 Å². The molecule has 0 bridgehead atoms. The van der Waals surface area contributed by atoms with E-state index in [4.69, 9.17) is 11.6 Å². The molecule has 110 valence electrons. The molecule has 1 unspecified atom stereocenters. The van der Waals surface area contributed by atoms with Crippen LogP contribution in [-0.2, 0) is 4.79 Å². The largest absolute Gasteiger partial charge is 0.506 e. The Kier molecular flexibility index (Phi) is 3.73. The number of rotatable bonds is 2. The van der Waals surface area contributed by atoms with Gasteiger partial charge in [0.15, 0.2) is 0 Å². The van der Waals surface area contributed by atoms with Crippen molar-refractivity contribution < 1.29 is 15.0 Å². The third-order valence-corrected chi connectivity index (χ3v) is 4.07. The molecule has 0 heterocycles. The fourth-order valence-corrected chi connectivity index (χ4v) is 2.80. The monoisotopic (exact) mass is 312 g/mol. The van der Waals surface area contributed by atoms with Gasteiger partial charge in [-0.2, -0.15) is 0 Å². The highest BCUT2D eigenvalue weighted by molar-refractivity contribution is 6.33. The van der Waals surface area contributed by atoms with Crippen LogP contribution >= 0.6 is 11.6 Å². The van der Waals surface area contributed by atoms with Gasteiger partial charge < -0.3 is 10.2 Å². The van der Waals surface area contributed by atoms with Crippen LogP contribution in [0.25, 0.3) is 16.8 Å². The molecule has 22 heavy (non-hydrogen) atoms. The zero-order valence-corrected chi connectivity index (χ0v) is 12.3. The lowest BCUT2D eigenvalue weighted by Crippen LogP contribution is -2.17. The Labute approximate surface area is 132 Å². The molecule has 1 aliphatic rings. The number of carboxylic acid groups (broad SMARTS) is 1. The minimum atomic E-state index is -1.01. The van der Waals surface area contributed by atoms with Crippen molar-refractivity contribution in [2.75, 3.05) is 0 Å². The topological polar surface area (TPSA) is 57.5 Å². The lowest BCUT2D eigenvalue weighted by atomic mass is 9.91. The highest BCUT2D eigenvalue weighted by atomic mass is 35.5. The fourth-order valence-electron chi connectivity index (χ4n) is 2.56. The third-order valence-electron chi connectivity index (χ3n) is 3.66. The quantitative estimate of drug-likeness (QED) is 0.858. The molecule has 2 aromatic carbocycles. The van der Waals surface area contributed by atoms with Crippen molar-refractivity contribution in [1.82, 2.24) is 0 Å². The molecule has 4 heteroatoms. The van der Waals surface area contributed by atoms with Crippen LogP contribution in [-0.4, -0.2) is 16.2 Å². The summed E-state index contributed by atoms with van der Waals surface area (Å²) in [6.07, 6.45) is 4.48. The lowest BCUT2D eigenvalue weighted by molar-refractivity contribution is -0.138. The Morgan fingerprint density at radius 2 is 1.86 bits per heavy atom. The van der Waals surface area contributed by atoms with Crippen molar-refractivity contribution in [3.8, 4) is 0 Å². The number of carboxylic acids is 1. The van der Waals surface area contributed by atoms with Gasteiger partial charge in [-0.1, -0.05) is 60.1 Å². The first-order chi connectivity index (χ1) is 10.6. The van der Waals surface area contributed by atoms with Gasteiger partial charge >= 0.3 is 5.97 Å². The number of aliphatic hydroxyl groups excluding tert-OH is 1. The smallest absolute Gasteiger partial charge is 0.314 e. The van der Waals surface area contributed by atoms with E-state index in [9.17, 15) is 15.0 Å². The van der Waals surface area contributed by atoms with E-state index >= 15 is 0 Å². The van der Waals surface area contributed by atoms with Gasteiger partial charge in [-0.05, 0) is 34.1 Å². The van der Waals surface area contributed by atoms with Gasteiger partial charge in [-0.15, -0.1) is 0 Å². The number of allylic oxidation sites excluding steroid dienone is 2. The van der Waals surface area contributed by atoms with Gasteiger partial charge in [0.1, 0.15) is 11.7 Å². The second-order valence-corrected chi connectivity index (χ2v) is 5.42. The first kappa shape index (κ1) is 14.4. The van der Waals surface area contributed by atoms with Gasteiger partial charge in [-0.25, -0.2) is 0 Å². The zero-order valence-electron chi connectivity index (χ0n) is 11.5. The predicted octanol–water partition coefficient (Wildman–Crippen LogP) is 4.50. The lowest BCUT2D eigenvalue weighted by Gasteiger charge is -2.17. The highest BCUT2D eigenvalue weighted by Gasteiger charge is 2.26. The maximum atomic E-state index is 11.4. The summed E-state index contributed by atoms with van der Waals surface area (Å²) >= 11 is 6.12. The average Bonchev–Trinajstić information content (AvgIpc) is 2.52. The molecule has 3 rings (SSSR count). The van der Waals surface area contributed by atoms with E-state index in [0.717, 1.165) is 16.3 Å². The van der Waals surface area contributed by atoms with Crippen molar-refractivity contribution in [2.24, 2.45) is 5.92 Å². The summed E-state index contributed by atoms with van der Waals surface area (Å²) in [6.45, 7) is 0. The summed E-state index contributed by atoms with van der Waals surface area (Å²) < 4.78 is 0. The number of carbonyl (C=O) groups is 1. The van der Waals surface area contributed by atoms with Crippen molar-refractivity contribution in [3.63, 3.8) is 0 Å². The molecule has 2 N–H and O–H groups in total. The highest BCUT2D eigenvalue weighted by Crippen LogP contribution is 2.34. The Morgan fingerprint density at radius 1 is 1.14 bits per heavy atom. The third kappa shape index (κ3) is 2.51. The predicted molar refractivity (Wildman–Crippen MR) is 87.7 cm³/mol. The van der Waals surface area contributed by atoms with Gasteiger partial charge in [0, 0.05) is 0 Å². The summed E-state index contributed by atoms with van der Waals surface area (Å²) in [5.74, 6) is -2.00. The Balaban J connectivity index is 2.20. The summed E-state index contributed by atoms with van der Waals surface area (Å²) in [6, 6.07) is 13.6. The molecule has 3 nitrogen and oxygen atoms in total. The van der Waals surface area contributed by atoms with Crippen LogP contribution in [0.2, 0.25) is 0 Å². The Bertz CT molecular complexity index is 841. The molecule has 2 aromatic rings. The first-order valence-corrected chi connectivity index (χ1v) is 7.15. The van der Waals surface area contributed by atoms with E-state index in [1.165, 1.54) is 12.2 Å². The molecule has 1 aliphatic carbocycles. The van der Waals surface area contributed by atoms with E-state index in [1.54, 1.807) is 6.08 Å². The summed E-state index contributed by atoms with van der Waals surface area (Å²) in [5, 5.41) is 21.2. The summed E-state index contributed by atoms with van der Waals surface area (Å²) in [7, 11) is 0. The summed E-state index contributed by atoms with van der Waals surface area (Å²) in [4.78, 5) is 11.4. The number of benzene rings is 2. The van der Waals surface area contributed by atoms with E-state index < -0.39 is 11.9 Å². The van der Waals surface area contributed by atoms with Gasteiger partial charge in [0.2, 0.25) is 0 Å². The average molecular weight is 313 g/mol. The molecule has 1 atom stereocenters. The SMILES string of the molecule is O=C(O)C1C=CC(O)=C(Cl)C1=Cc1cccc2ccccc12. The standard InChI is InChI=1S/C18H13ClO3/c19-17-15(14(18(21)22)8-9-16(17)20)10-12-6-3-5-11-4-1-2-7-13(11)12/h1-10,14,20H,(H,21,22). The molecular weight excluding hydrogens is 300 g/mol. The maximum absolute atomic E-state index is 11.4. The maximum Gasteiger partial charge on any atom is 0.314 e. The van der Waals surface area contributed by atoms with Crippen molar-refractivity contribution >= 4 is 34.4 Å². The number of aliphatic hydroxyl groups is 1. The van der Waals surface area contributed by atoms with Crippen LogP contribution < -0.4 is 0 Å². The van der Waals surface area contributed by atoms with Crippen LogP contribution in [0.1, 0.15) is 5.56 Å². The molecule has 0 aliphatic heterocycles. The number of hydrogen-bond donors (Lipinski definition) is 2. The molecule has 0 spiro atoms. The molecule has 0 radical (unpaired) electrons. The molecule has 0 amide bonds. The fraction of sp³-hybridized carbons (Fsp3) is 0.0556. The zero-order chi connectivity index (χ0) is 15.7. The second kappa shape index (κ2) is 5.70. The van der Waals surface area contributed by atoms with Gasteiger partial charge in [-0.3, -0.25) is 4.79 Å². The van der Waals surface area contributed by atoms with Gasteiger partial charge in [0.05, 0.1) is 5.03 Å². The second-order valence-electron chi connectivity index (χ2n) is 5.04. The number of aliphatic carboxylic acids is 1. The Hall–Kier alpha value is -2.52. The molecule has 0 fully saturated rings. The van der Waals surface area contributed by atoms with E-state index in [0.29, 0.717) is 5.57 Å². The van der Waals surface area contributed by atoms with Crippen molar-refractivity contribution in [3.05, 3.63) is 76.5 Å². The molecule has 0 saturated carbocycles. The minimum absolute atomic E-state index is 0.0721. The van der Waals surface area contributed by atoms with E-state index in [1.807, 2.05) is 42.5 Å². The number of hydrogen-bond acceptors (Lipinski definition) is 2. The van der Waals surface area contributed by atoms with Crippen LogP contribution in [0.5, 0.6) is 0 Å². The number of halogens is 1. The molecule has 0 aromatic heterocycles. The normalized spacial score (nSPS) is 19.9. The van der Waals surface area contributed by atoms with Gasteiger partial charge in [0.25, 0.3) is 0 Å². The Morgan fingerprint density at radius 3 is 2.64 bits per heavy atom. The molecule has 0 saturated heterocycles. The van der Waals surface area contributed by atoms with Crippen LogP contribution in [0, 0.1) is 5.92 Å². The summed E-state index contributed by atoms with van der Waals surface area (Å²) in [5.41, 5.74) is 1.24. The number of fused-ring (bicyclic) bond motifs is 1. The minimum Gasteiger partial charge on any atom is -0.506 e. The first-order valence-electron chi connectivity index (χ1n) is 6.77. The van der Waals surface area contributed by atoms with E-state index in [2.05, 4.69) is 0 Å². The van der Waals surface area contributed by atoms with Crippen molar-refractivity contribution in [2.45, 2.75) is 0 Å². The van der Waals surface area contributed by atoms with Crippen LogP contribution in [0.4, 0.5) is 0 Å².